The number of aliphatic hydroxyl groups excluding tert-OH is 1. The fraction of sp³-hybridized carbons (Fsp3) is 0.444. The van der Waals surface area contributed by atoms with E-state index in [9.17, 15) is 4.79 Å². The zero-order chi connectivity index (χ0) is 11.3. The van der Waals surface area contributed by atoms with E-state index < -0.39 is 5.97 Å². The molecule has 1 N–H and O–H groups in total. The summed E-state index contributed by atoms with van der Waals surface area (Å²) < 4.78 is 4.80. The number of hydrogen-bond donors (Lipinski definition) is 1. The highest BCUT2D eigenvalue weighted by Crippen LogP contribution is 2.10. The lowest BCUT2D eigenvalue weighted by Gasteiger charge is -2.06. The van der Waals surface area contributed by atoms with Crippen molar-refractivity contribution in [2.75, 3.05) is 6.61 Å². The van der Waals surface area contributed by atoms with Gasteiger partial charge >= 0.3 is 5.97 Å². The van der Waals surface area contributed by atoms with Gasteiger partial charge in [-0.2, -0.15) is 0 Å². The Hall–Kier alpha value is -1.20. The summed E-state index contributed by atoms with van der Waals surface area (Å²) in [6.45, 7) is 1.70. The summed E-state index contributed by atoms with van der Waals surface area (Å²) in [5, 5.41) is 8.81. The molecule has 0 aliphatic heterocycles. The standard InChI is InChI=1S/C9H11ClN2O3/c1-2-15-9(14)6-4-11-8(5-13)12-7(6)3-10/h4,13H,2-3,5H2,1H3. The predicted octanol–water partition coefficient (Wildman–Crippen LogP) is 0.884. The molecule has 82 valence electrons. The van der Waals surface area contributed by atoms with Gasteiger partial charge in [-0.25, -0.2) is 14.8 Å². The van der Waals surface area contributed by atoms with E-state index in [0.29, 0.717) is 5.69 Å². The first-order valence-corrected chi connectivity index (χ1v) is 4.95. The molecule has 0 fully saturated rings. The van der Waals surface area contributed by atoms with E-state index in [-0.39, 0.29) is 30.5 Å². The fourth-order valence-electron chi connectivity index (χ4n) is 1.02. The molecule has 5 nitrogen and oxygen atoms in total. The highest BCUT2D eigenvalue weighted by molar-refractivity contribution is 6.17. The summed E-state index contributed by atoms with van der Waals surface area (Å²) in [5.41, 5.74) is 0.609. The molecule has 1 aromatic rings. The molecule has 0 atom stereocenters. The van der Waals surface area contributed by atoms with Crippen molar-refractivity contribution in [1.82, 2.24) is 9.97 Å². The largest absolute Gasteiger partial charge is 0.462 e. The van der Waals surface area contributed by atoms with Crippen LogP contribution in [0.15, 0.2) is 6.20 Å². The van der Waals surface area contributed by atoms with Crippen molar-refractivity contribution in [2.24, 2.45) is 0 Å². The smallest absolute Gasteiger partial charge is 0.341 e. The van der Waals surface area contributed by atoms with Crippen LogP contribution in [0.25, 0.3) is 0 Å². The lowest BCUT2D eigenvalue weighted by Crippen LogP contribution is -2.11. The fourth-order valence-corrected chi connectivity index (χ4v) is 1.22. The van der Waals surface area contributed by atoms with Crippen molar-refractivity contribution in [3.63, 3.8) is 0 Å². The minimum Gasteiger partial charge on any atom is -0.462 e. The lowest BCUT2D eigenvalue weighted by molar-refractivity contribution is 0.0524. The number of aromatic nitrogens is 2. The van der Waals surface area contributed by atoms with Crippen molar-refractivity contribution in [2.45, 2.75) is 19.4 Å². The number of carbonyl (C=O) groups is 1. The first kappa shape index (κ1) is 11.9. The number of esters is 1. The van der Waals surface area contributed by atoms with Crippen molar-refractivity contribution in [1.29, 1.82) is 0 Å². The topological polar surface area (TPSA) is 72.3 Å². The molecular formula is C9H11ClN2O3. The van der Waals surface area contributed by atoms with E-state index in [2.05, 4.69) is 9.97 Å². The second-order valence-corrected chi connectivity index (χ2v) is 2.93. The SMILES string of the molecule is CCOC(=O)c1cnc(CO)nc1CCl. The Morgan fingerprint density at radius 3 is 2.93 bits per heavy atom. The van der Waals surface area contributed by atoms with Crippen LogP contribution in [-0.2, 0) is 17.2 Å². The number of nitrogens with zero attached hydrogens (tertiary/aromatic N) is 2. The molecule has 0 radical (unpaired) electrons. The summed E-state index contributed by atoms with van der Waals surface area (Å²) >= 11 is 5.63. The van der Waals surface area contributed by atoms with Crippen LogP contribution in [0.1, 0.15) is 28.8 Å². The van der Waals surface area contributed by atoms with Crippen molar-refractivity contribution in [3.8, 4) is 0 Å². The average molecular weight is 231 g/mol. The second-order valence-electron chi connectivity index (χ2n) is 2.66. The molecule has 1 aromatic heterocycles. The van der Waals surface area contributed by atoms with Crippen LogP contribution in [0, 0.1) is 0 Å². The molecule has 0 saturated carbocycles. The number of carbonyl (C=O) groups excluding carboxylic acids is 1. The quantitative estimate of drug-likeness (QED) is 0.614. The molecule has 0 spiro atoms. The average Bonchev–Trinajstić information content (AvgIpc) is 2.28. The van der Waals surface area contributed by atoms with Crippen LogP contribution in [0.5, 0.6) is 0 Å². The van der Waals surface area contributed by atoms with E-state index in [1.54, 1.807) is 6.92 Å². The third-order valence-electron chi connectivity index (χ3n) is 1.68. The maximum atomic E-state index is 11.4. The maximum Gasteiger partial charge on any atom is 0.341 e. The number of aliphatic hydroxyl groups is 1. The first-order valence-electron chi connectivity index (χ1n) is 4.41. The zero-order valence-corrected chi connectivity index (χ0v) is 8.99. The summed E-state index contributed by atoms with van der Waals surface area (Å²) in [6.07, 6.45) is 1.31. The van der Waals surface area contributed by atoms with Crippen LogP contribution in [0.2, 0.25) is 0 Å². The monoisotopic (exact) mass is 230 g/mol. The summed E-state index contributed by atoms with van der Waals surface area (Å²) in [4.78, 5) is 19.1. The zero-order valence-electron chi connectivity index (χ0n) is 8.23. The van der Waals surface area contributed by atoms with Gasteiger partial charge in [0.2, 0.25) is 0 Å². The third-order valence-corrected chi connectivity index (χ3v) is 1.93. The summed E-state index contributed by atoms with van der Waals surface area (Å²) in [5.74, 6) is -0.194. The van der Waals surface area contributed by atoms with Gasteiger partial charge in [0.25, 0.3) is 0 Å². The third kappa shape index (κ3) is 2.87. The lowest BCUT2D eigenvalue weighted by atomic mass is 10.2. The maximum absolute atomic E-state index is 11.4. The molecule has 0 saturated heterocycles. The van der Waals surface area contributed by atoms with Gasteiger partial charge in [0.15, 0.2) is 5.82 Å². The minimum atomic E-state index is -0.502. The molecule has 6 heteroatoms. The number of ether oxygens (including phenoxy) is 1. The van der Waals surface area contributed by atoms with Gasteiger partial charge in [0.1, 0.15) is 12.2 Å². The van der Waals surface area contributed by atoms with Crippen molar-refractivity contribution in [3.05, 3.63) is 23.3 Å². The number of alkyl halides is 1. The molecular weight excluding hydrogens is 220 g/mol. The van der Waals surface area contributed by atoms with Crippen LogP contribution >= 0.6 is 11.6 Å². The van der Waals surface area contributed by atoms with E-state index in [1.165, 1.54) is 6.20 Å². The van der Waals surface area contributed by atoms with E-state index in [1.807, 2.05) is 0 Å². The number of halogens is 1. The predicted molar refractivity (Wildman–Crippen MR) is 53.5 cm³/mol. The van der Waals surface area contributed by atoms with Gasteiger partial charge in [-0.1, -0.05) is 0 Å². The van der Waals surface area contributed by atoms with E-state index >= 15 is 0 Å². The van der Waals surface area contributed by atoms with Gasteiger partial charge < -0.3 is 9.84 Å². The Morgan fingerprint density at radius 2 is 2.40 bits per heavy atom. The van der Waals surface area contributed by atoms with E-state index in [0.717, 1.165) is 0 Å². The molecule has 0 aromatic carbocycles. The van der Waals surface area contributed by atoms with Crippen LogP contribution in [0.3, 0.4) is 0 Å². The highest BCUT2D eigenvalue weighted by atomic mass is 35.5. The van der Waals surface area contributed by atoms with Crippen LogP contribution in [-0.4, -0.2) is 27.7 Å². The molecule has 0 amide bonds. The van der Waals surface area contributed by atoms with Crippen molar-refractivity contribution >= 4 is 17.6 Å². The van der Waals surface area contributed by atoms with Crippen LogP contribution < -0.4 is 0 Å². The highest BCUT2D eigenvalue weighted by Gasteiger charge is 2.14. The molecule has 1 rings (SSSR count). The van der Waals surface area contributed by atoms with Crippen LogP contribution in [0.4, 0.5) is 0 Å². The Kier molecular flexibility index (Phi) is 4.45. The minimum absolute atomic E-state index is 0.0731. The molecule has 0 aliphatic carbocycles. The molecule has 15 heavy (non-hydrogen) atoms. The number of hydrogen-bond acceptors (Lipinski definition) is 5. The Labute approximate surface area is 92.1 Å². The van der Waals surface area contributed by atoms with Gasteiger partial charge in [-0.15, -0.1) is 11.6 Å². The summed E-state index contributed by atoms with van der Waals surface area (Å²) in [6, 6.07) is 0. The second kappa shape index (κ2) is 5.63. The molecule has 0 aliphatic rings. The normalized spacial score (nSPS) is 10.1. The van der Waals surface area contributed by atoms with Gasteiger partial charge in [-0.3, -0.25) is 0 Å². The van der Waals surface area contributed by atoms with E-state index in [4.69, 9.17) is 21.4 Å². The Morgan fingerprint density at radius 1 is 1.67 bits per heavy atom. The molecule has 0 bridgehead atoms. The number of rotatable bonds is 4. The van der Waals surface area contributed by atoms with Gasteiger partial charge in [-0.05, 0) is 6.92 Å². The first-order chi connectivity index (χ1) is 7.22. The van der Waals surface area contributed by atoms with Crippen molar-refractivity contribution < 1.29 is 14.6 Å². The molecule has 0 unspecified atom stereocenters. The summed E-state index contributed by atoms with van der Waals surface area (Å²) in [7, 11) is 0. The van der Waals surface area contributed by atoms with Gasteiger partial charge in [0, 0.05) is 6.20 Å². The Balaban J connectivity index is 3.02. The molecule has 1 heterocycles. The van der Waals surface area contributed by atoms with Gasteiger partial charge in [0.05, 0.1) is 18.2 Å². The Bertz CT molecular complexity index is 357.